The predicted octanol–water partition coefficient (Wildman–Crippen LogP) is 1.11. The maximum atomic E-state index is 2.62. The standard InChI is InChI=1S/C7H13IN2/c1-2-10-6-3-7(10)5-9(8)4-6/h6-7H,2-5H2,1H3. The smallest absolute Gasteiger partial charge is 0.0250 e. The summed E-state index contributed by atoms with van der Waals surface area (Å²) in [6.45, 7) is 6.08. The van der Waals surface area contributed by atoms with Gasteiger partial charge in [-0.3, -0.25) is 4.90 Å². The monoisotopic (exact) mass is 252 g/mol. The Balaban J connectivity index is 1.96. The van der Waals surface area contributed by atoms with Gasteiger partial charge in [0.15, 0.2) is 0 Å². The van der Waals surface area contributed by atoms with Crippen LogP contribution in [0.5, 0.6) is 0 Å². The Hall–Kier alpha value is 0.650. The van der Waals surface area contributed by atoms with E-state index in [4.69, 9.17) is 0 Å². The molecule has 3 saturated heterocycles. The number of piperazine rings is 1. The van der Waals surface area contributed by atoms with Crippen molar-refractivity contribution in [1.29, 1.82) is 0 Å². The van der Waals surface area contributed by atoms with Crippen LogP contribution < -0.4 is 0 Å². The Morgan fingerprint density at radius 3 is 2.50 bits per heavy atom. The average molecular weight is 252 g/mol. The van der Waals surface area contributed by atoms with Crippen LogP contribution in [-0.2, 0) is 0 Å². The molecule has 0 spiro atoms. The van der Waals surface area contributed by atoms with E-state index in [0.717, 1.165) is 12.1 Å². The second-order valence-corrected chi connectivity index (χ2v) is 4.57. The predicted molar refractivity (Wildman–Crippen MR) is 50.2 cm³/mol. The first-order valence-electron chi connectivity index (χ1n) is 3.97. The number of hydrogen-bond donors (Lipinski definition) is 0. The van der Waals surface area contributed by atoms with Crippen molar-refractivity contribution in [3.63, 3.8) is 0 Å². The van der Waals surface area contributed by atoms with E-state index in [1.54, 1.807) is 0 Å². The SMILES string of the molecule is CCN1C2CC1CN(I)C2. The van der Waals surface area contributed by atoms with Gasteiger partial charge in [-0.15, -0.1) is 0 Å². The van der Waals surface area contributed by atoms with Gasteiger partial charge in [0.1, 0.15) is 0 Å². The molecule has 3 rings (SSSR count). The molecule has 3 aliphatic heterocycles. The fraction of sp³-hybridized carbons (Fsp3) is 1.00. The molecule has 0 aromatic heterocycles. The fourth-order valence-electron chi connectivity index (χ4n) is 2.15. The maximum absolute atomic E-state index is 2.62. The van der Waals surface area contributed by atoms with Gasteiger partial charge in [0.05, 0.1) is 0 Å². The number of likely N-dealkylation sites (N-methyl/N-ethyl adjacent to an activating group) is 1. The largest absolute Gasteiger partial charge is 0.295 e. The third kappa shape index (κ3) is 0.987. The third-order valence-corrected chi connectivity index (χ3v) is 3.45. The Morgan fingerprint density at radius 1 is 1.40 bits per heavy atom. The highest BCUT2D eigenvalue weighted by atomic mass is 127. The maximum Gasteiger partial charge on any atom is 0.0250 e. The van der Waals surface area contributed by atoms with Crippen LogP contribution in [0, 0.1) is 0 Å². The zero-order valence-corrected chi connectivity index (χ0v) is 8.41. The molecule has 2 nitrogen and oxygen atoms in total. The lowest BCUT2D eigenvalue weighted by atomic mass is 9.89. The highest BCUT2D eigenvalue weighted by Gasteiger charge is 2.42. The van der Waals surface area contributed by atoms with Gasteiger partial charge in [0.2, 0.25) is 0 Å². The lowest BCUT2D eigenvalue weighted by molar-refractivity contribution is -0.0306. The first-order chi connectivity index (χ1) is 4.81. The minimum absolute atomic E-state index is 0.889. The third-order valence-electron chi connectivity index (χ3n) is 2.67. The zero-order chi connectivity index (χ0) is 7.14. The van der Waals surface area contributed by atoms with Crippen molar-refractivity contribution in [1.82, 2.24) is 8.01 Å². The van der Waals surface area contributed by atoms with Crippen LogP contribution in [0.1, 0.15) is 13.3 Å². The fourth-order valence-corrected chi connectivity index (χ4v) is 3.06. The molecular formula is C7H13IN2. The number of piperidine rings is 1. The Kier molecular flexibility index (Phi) is 1.90. The van der Waals surface area contributed by atoms with Crippen molar-refractivity contribution in [2.24, 2.45) is 0 Å². The lowest BCUT2D eigenvalue weighted by Crippen LogP contribution is -2.66. The molecule has 3 heterocycles. The van der Waals surface area contributed by atoms with Gasteiger partial charge in [0.25, 0.3) is 0 Å². The number of nitrogens with zero attached hydrogens (tertiary/aromatic N) is 2. The summed E-state index contributed by atoms with van der Waals surface area (Å²) in [7, 11) is 0. The van der Waals surface area contributed by atoms with Crippen molar-refractivity contribution in [2.45, 2.75) is 25.4 Å². The first kappa shape index (κ1) is 7.31. The van der Waals surface area contributed by atoms with E-state index in [1.807, 2.05) is 0 Å². The van der Waals surface area contributed by atoms with Gasteiger partial charge < -0.3 is 0 Å². The van der Waals surface area contributed by atoms with Crippen molar-refractivity contribution in [2.75, 3.05) is 19.6 Å². The lowest BCUT2D eigenvalue weighted by Gasteiger charge is -2.54. The zero-order valence-electron chi connectivity index (χ0n) is 6.26. The van der Waals surface area contributed by atoms with Crippen LogP contribution >= 0.6 is 22.9 Å². The molecule has 0 saturated carbocycles. The molecule has 10 heavy (non-hydrogen) atoms. The first-order valence-corrected chi connectivity index (χ1v) is 4.94. The van der Waals surface area contributed by atoms with Crippen LogP contribution in [0.4, 0.5) is 0 Å². The summed E-state index contributed by atoms with van der Waals surface area (Å²) in [4.78, 5) is 2.62. The van der Waals surface area contributed by atoms with E-state index in [2.05, 4.69) is 37.8 Å². The van der Waals surface area contributed by atoms with E-state index in [-0.39, 0.29) is 0 Å². The molecule has 2 atom stereocenters. The van der Waals surface area contributed by atoms with Crippen LogP contribution in [-0.4, -0.2) is 39.7 Å². The molecule has 0 aliphatic carbocycles. The molecule has 3 fully saturated rings. The summed E-state index contributed by atoms with van der Waals surface area (Å²) >= 11 is 2.44. The van der Waals surface area contributed by atoms with E-state index in [1.165, 1.54) is 26.1 Å². The molecule has 0 amide bonds. The summed E-state index contributed by atoms with van der Waals surface area (Å²) in [5, 5.41) is 0. The van der Waals surface area contributed by atoms with Crippen LogP contribution in [0.25, 0.3) is 0 Å². The summed E-state index contributed by atoms with van der Waals surface area (Å²) in [6.07, 6.45) is 1.45. The summed E-state index contributed by atoms with van der Waals surface area (Å²) in [5.74, 6) is 0. The van der Waals surface area contributed by atoms with Crippen molar-refractivity contribution in [3.8, 4) is 0 Å². The van der Waals surface area contributed by atoms with Crippen LogP contribution in [0.15, 0.2) is 0 Å². The second-order valence-electron chi connectivity index (χ2n) is 3.20. The second kappa shape index (κ2) is 2.60. The normalized spacial score (nSPS) is 41.4. The Labute approximate surface area is 76.1 Å². The molecule has 0 N–H and O–H groups in total. The average Bonchev–Trinajstić information content (AvgIpc) is 1.87. The van der Waals surface area contributed by atoms with Crippen molar-refractivity contribution < 1.29 is 0 Å². The molecule has 0 aromatic carbocycles. The minimum Gasteiger partial charge on any atom is -0.295 e. The molecule has 3 aliphatic rings. The van der Waals surface area contributed by atoms with Crippen molar-refractivity contribution >= 4 is 22.9 Å². The Bertz CT molecular complexity index is 128. The quantitative estimate of drug-likeness (QED) is 0.509. The summed E-state index contributed by atoms with van der Waals surface area (Å²) in [5.41, 5.74) is 0. The van der Waals surface area contributed by atoms with E-state index >= 15 is 0 Å². The van der Waals surface area contributed by atoms with Gasteiger partial charge >= 0.3 is 0 Å². The van der Waals surface area contributed by atoms with E-state index in [9.17, 15) is 0 Å². The molecule has 0 aromatic rings. The van der Waals surface area contributed by atoms with Gasteiger partial charge in [-0.05, 0) is 13.0 Å². The highest BCUT2D eigenvalue weighted by Crippen LogP contribution is 2.32. The minimum atomic E-state index is 0.889. The molecule has 3 heteroatoms. The van der Waals surface area contributed by atoms with E-state index < -0.39 is 0 Å². The number of hydrogen-bond acceptors (Lipinski definition) is 2. The van der Waals surface area contributed by atoms with Gasteiger partial charge in [0, 0.05) is 48.0 Å². The molecular weight excluding hydrogens is 239 g/mol. The van der Waals surface area contributed by atoms with Gasteiger partial charge in [-0.1, -0.05) is 6.92 Å². The Morgan fingerprint density at radius 2 is 2.00 bits per heavy atom. The van der Waals surface area contributed by atoms with Crippen LogP contribution in [0.2, 0.25) is 0 Å². The topological polar surface area (TPSA) is 6.48 Å². The van der Waals surface area contributed by atoms with Crippen LogP contribution in [0.3, 0.4) is 0 Å². The molecule has 58 valence electrons. The van der Waals surface area contributed by atoms with Gasteiger partial charge in [-0.25, -0.2) is 3.11 Å². The van der Waals surface area contributed by atoms with E-state index in [0.29, 0.717) is 0 Å². The highest BCUT2D eigenvalue weighted by molar-refractivity contribution is 14.1. The number of rotatable bonds is 1. The molecule has 0 radical (unpaired) electrons. The summed E-state index contributed by atoms with van der Waals surface area (Å²) < 4.78 is 2.42. The van der Waals surface area contributed by atoms with Gasteiger partial charge in [-0.2, -0.15) is 0 Å². The molecule has 2 bridgehead atoms. The summed E-state index contributed by atoms with van der Waals surface area (Å²) in [6, 6.07) is 1.78. The number of halogens is 1. The van der Waals surface area contributed by atoms with Crippen molar-refractivity contribution in [3.05, 3.63) is 0 Å². The molecule has 2 unspecified atom stereocenters. The number of fused-ring (bicyclic) bond motifs is 2.